The lowest BCUT2D eigenvalue weighted by molar-refractivity contribution is -0.636. The number of hydrogen-bond donors (Lipinski definition) is 0. The molecule has 0 fully saturated rings. The van der Waals surface area contributed by atoms with Crippen molar-refractivity contribution in [3.8, 4) is 17.1 Å². The van der Waals surface area contributed by atoms with E-state index < -0.39 is 0 Å². The summed E-state index contributed by atoms with van der Waals surface area (Å²) in [4.78, 5) is 8.98. The van der Waals surface area contributed by atoms with Crippen molar-refractivity contribution in [2.75, 3.05) is 0 Å². The van der Waals surface area contributed by atoms with Gasteiger partial charge in [-0.15, -0.1) is 0 Å². The first-order valence-electron chi connectivity index (χ1n) is 8.71. The fraction of sp³-hybridized carbons (Fsp3) is 0.0952. The highest BCUT2D eigenvalue weighted by molar-refractivity contribution is 6.05. The molecule has 4 aromatic heterocycles. The van der Waals surface area contributed by atoms with Crippen molar-refractivity contribution in [3.63, 3.8) is 0 Å². The Kier molecular flexibility index (Phi) is 2.54. The second-order valence-corrected chi connectivity index (χ2v) is 6.70. The first kappa shape index (κ1) is 13.8. The summed E-state index contributed by atoms with van der Waals surface area (Å²) in [7, 11) is 2.14. The minimum absolute atomic E-state index is 0.797. The third-order valence-corrected chi connectivity index (χ3v) is 5.33. The number of pyridine rings is 2. The van der Waals surface area contributed by atoms with Crippen molar-refractivity contribution in [1.29, 1.82) is 0 Å². The van der Waals surface area contributed by atoms with Crippen LogP contribution in [0.5, 0.6) is 0 Å². The number of imidazole rings is 1. The van der Waals surface area contributed by atoms with Gasteiger partial charge in [0.2, 0.25) is 5.82 Å². The quantitative estimate of drug-likeness (QED) is 0.432. The highest BCUT2D eigenvalue weighted by Crippen LogP contribution is 2.37. The zero-order valence-corrected chi connectivity index (χ0v) is 14.3. The second kappa shape index (κ2) is 4.79. The summed E-state index contributed by atoms with van der Waals surface area (Å²) in [5.74, 6) is 1.20. The van der Waals surface area contributed by atoms with Gasteiger partial charge in [-0.2, -0.15) is 0 Å². The number of fused-ring (bicyclic) bond motifs is 7. The van der Waals surface area contributed by atoms with E-state index in [0.717, 1.165) is 17.9 Å². The fourth-order valence-electron chi connectivity index (χ4n) is 4.30. The van der Waals surface area contributed by atoms with E-state index in [0.29, 0.717) is 0 Å². The molecule has 5 aromatic rings. The van der Waals surface area contributed by atoms with Gasteiger partial charge in [-0.3, -0.25) is 9.97 Å². The maximum absolute atomic E-state index is 4.58. The van der Waals surface area contributed by atoms with Gasteiger partial charge in [0.15, 0.2) is 5.52 Å². The third-order valence-electron chi connectivity index (χ3n) is 5.33. The Hall–Kier alpha value is -3.47. The Morgan fingerprint density at radius 1 is 1.00 bits per heavy atom. The Labute approximate surface area is 149 Å². The molecule has 0 unspecified atom stereocenters. The summed E-state index contributed by atoms with van der Waals surface area (Å²) < 4.78 is 6.99. The summed E-state index contributed by atoms with van der Waals surface area (Å²) in [5, 5.41) is 1.17. The fourth-order valence-corrected chi connectivity index (χ4v) is 4.30. The lowest BCUT2D eigenvalue weighted by Gasteiger charge is -2.03. The smallest absolute Gasteiger partial charge is 0.264 e. The lowest BCUT2D eigenvalue weighted by atomic mass is 10.2. The van der Waals surface area contributed by atoms with Crippen molar-refractivity contribution in [1.82, 2.24) is 19.1 Å². The van der Waals surface area contributed by atoms with Gasteiger partial charge in [-0.1, -0.05) is 18.2 Å². The molecule has 1 aromatic carbocycles. The van der Waals surface area contributed by atoms with E-state index in [-0.39, 0.29) is 0 Å². The molecule has 0 amide bonds. The van der Waals surface area contributed by atoms with Crippen molar-refractivity contribution >= 4 is 22.1 Å². The van der Waals surface area contributed by atoms with Gasteiger partial charge < -0.3 is 0 Å². The molecule has 0 bridgehead atoms. The monoisotopic (exact) mass is 338 g/mol. The molecule has 5 nitrogen and oxygen atoms in total. The largest absolute Gasteiger partial charge is 0.274 e. The molecule has 5 heteroatoms. The first-order valence-corrected chi connectivity index (χ1v) is 8.71. The molecule has 0 aliphatic carbocycles. The molecular weight excluding hydrogens is 322 g/mol. The first-order chi connectivity index (χ1) is 12.8. The van der Waals surface area contributed by atoms with Gasteiger partial charge in [0.25, 0.3) is 5.65 Å². The van der Waals surface area contributed by atoms with Crippen molar-refractivity contribution in [3.05, 3.63) is 72.8 Å². The number of benzene rings is 1. The maximum atomic E-state index is 4.58. The molecule has 26 heavy (non-hydrogen) atoms. The summed E-state index contributed by atoms with van der Waals surface area (Å²) >= 11 is 0. The Bertz CT molecular complexity index is 1310. The van der Waals surface area contributed by atoms with Crippen LogP contribution in [0.2, 0.25) is 0 Å². The Morgan fingerprint density at radius 2 is 1.88 bits per heavy atom. The van der Waals surface area contributed by atoms with E-state index >= 15 is 0 Å². The average molecular weight is 338 g/mol. The Morgan fingerprint density at radius 3 is 2.77 bits per heavy atom. The standard InChI is InChI=1S/C21H16N5/c1-24-20-15-8-5-10-23-17(15)13-25(20)19-16-12-22-11-9-18(16)26(21(19)24)14-6-3-2-4-7-14/h2-12H,13H2,1H3/q+1. The minimum Gasteiger partial charge on any atom is -0.264 e. The predicted octanol–water partition coefficient (Wildman–Crippen LogP) is 3.23. The van der Waals surface area contributed by atoms with Crippen LogP contribution in [0.25, 0.3) is 39.1 Å². The number of nitrogens with zero attached hydrogens (tertiary/aromatic N) is 5. The molecule has 124 valence electrons. The molecule has 1 aliphatic heterocycles. The van der Waals surface area contributed by atoms with Crippen LogP contribution in [0.1, 0.15) is 5.69 Å². The lowest BCUT2D eigenvalue weighted by Crippen LogP contribution is -2.31. The minimum atomic E-state index is 0.797. The molecule has 0 saturated carbocycles. The number of para-hydroxylation sites is 1. The van der Waals surface area contributed by atoms with E-state index in [2.05, 4.69) is 73.2 Å². The average Bonchev–Trinajstić information content (AvgIpc) is 3.31. The second-order valence-electron chi connectivity index (χ2n) is 6.70. The molecule has 6 rings (SSSR count). The van der Waals surface area contributed by atoms with Crippen LogP contribution in [0.3, 0.4) is 0 Å². The number of rotatable bonds is 1. The number of aromatic nitrogens is 5. The van der Waals surface area contributed by atoms with Gasteiger partial charge >= 0.3 is 0 Å². The van der Waals surface area contributed by atoms with Crippen LogP contribution in [0, 0.1) is 0 Å². The number of aryl methyl sites for hydroxylation is 1. The highest BCUT2D eigenvalue weighted by atomic mass is 15.2. The van der Waals surface area contributed by atoms with E-state index in [1.54, 1.807) is 0 Å². The highest BCUT2D eigenvalue weighted by Gasteiger charge is 2.35. The summed E-state index contributed by atoms with van der Waals surface area (Å²) in [5.41, 5.74) is 7.07. The molecule has 0 radical (unpaired) electrons. The van der Waals surface area contributed by atoms with Gasteiger partial charge in [-0.05, 0) is 30.3 Å². The SMILES string of the molecule is C[n+]1c2n(c3c4cnccc4n(-c4ccccc4)c31)Cc1ncccc1-2. The van der Waals surface area contributed by atoms with Gasteiger partial charge in [-0.25, -0.2) is 13.7 Å². The maximum Gasteiger partial charge on any atom is 0.274 e. The van der Waals surface area contributed by atoms with E-state index in [1.165, 1.54) is 33.5 Å². The summed E-state index contributed by atoms with van der Waals surface area (Å²) in [6.45, 7) is 0.797. The predicted molar refractivity (Wildman–Crippen MR) is 100 cm³/mol. The molecule has 5 heterocycles. The normalized spacial score (nSPS) is 12.7. The topological polar surface area (TPSA) is 39.5 Å². The van der Waals surface area contributed by atoms with Crippen LogP contribution >= 0.6 is 0 Å². The number of hydrogen-bond acceptors (Lipinski definition) is 2. The van der Waals surface area contributed by atoms with Crippen molar-refractivity contribution in [2.45, 2.75) is 6.54 Å². The zero-order valence-electron chi connectivity index (χ0n) is 14.3. The van der Waals surface area contributed by atoms with Crippen LogP contribution in [-0.2, 0) is 13.6 Å². The molecule has 0 N–H and O–H groups in total. The van der Waals surface area contributed by atoms with E-state index in [9.17, 15) is 0 Å². The summed E-state index contributed by atoms with van der Waals surface area (Å²) in [6, 6.07) is 16.8. The van der Waals surface area contributed by atoms with E-state index in [1.807, 2.05) is 24.7 Å². The van der Waals surface area contributed by atoms with Crippen LogP contribution in [0.15, 0.2) is 67.1 Å². The van der Waals surface area contributed by atoms with Crippen LogP contribution in [-0.4, -0.2) is 19.1 Å². The molecule has 0 atom stereocenters. The van der Waals surface area contributed by atoms with E-state index in [4.69, 9.17) is 0 Å². The van der Waals surface area contributed by atoms with Crippen molar-refractivity contribution < 1.29 is 4.57 Å². The van der Waals surface area contributed by atoms with Crippen molar-refractivity contribution in [2.24, 2.45) is 7.05 Å². The zero-order chi connectivity index (χ0) is 17.3. The van der Waals surface area contributed by atoms with Crippen LogP contribution < -0.4 is 4.57 Å². The van der Waals surface area contributed by atoms with Crippen LogP contribution in [0.4, 0.5) is 0 Å². The molecule has 0 saturated heterocycles. The summed E-state index contributed by atoms with van der Waals surface area (Å²) in [6.07, 6.45) is 5.71. The molecule has 0 spiro atoms. The van der Waals surface area contributed by atoms with Gasteiger partial charge in [0.1, 0.15) is 17.7 Å². The Balaban J connectivity index is 1.83. The molecule has 1 aliphatic rings. The van der Waals surface area contributed by atoms with Gasteiger partial charge in [0.05, 0.1) is 23.7 Å². The molecular formula is C21H16N5+. The third kappa shape index (κ3) is 1.57. The van der Waals surface area contributed by atoms with Gasteiger partial charge in [0, 0.05) is 18.6 Å².